The molecule has 19 heavy (non-hydrogen) atoms. The zero-order chi connectivity index (χ0) is 13.8. The molecule has 0 aromatic carbocycles. The Labute approximate surface area is 125 Å². The van der Waals surface area contributed by atoms with E-state index in [1.54, 1.807) is 12.3 Å². The number of piperidine rings is 1. The minimum Gasteiger partial charge on any atom is -0.338 e. The van der Waals surface area contributed by atoms with Crippen molar-refractivity contribution in [2.45, 2.75) is 18.1 Å². The van der Waals surface area contributed by atoms with Gasteiger partial charge in [-0.05, 0) is 41.1 Å². The van der Waals surface area contributed by atoms with Crippen molar-refractivity contribution in [1.82, 2.24) is 9.88 Å². The van der Waals surface area contributed by atoms with Gasteiger partial charge in [-0.1, -0.05) is 0 Å². The molecular weight excluding hydrogens is 328 g/mol. The summed E-state index contributed by atoms with van der Waals surface area (Å²) in [5.41, 5.74) is 2.99. The predicted molar refractivity (Wildman–Crippen MR) is 82.2 cm³/mol. The van der Waals surface area contributed by atoms with Crippen molar-refractivity contribution in [1.29, 1.82) is 0 Å². The number of nitrogen functional groups attached to an aromatic ring is 1. The van der Waals surface area contributed by atoms with E-state index in [4.69, 9.17) is 5.84 Å². The van der Waals surface area contributed by atoms with Crippen LogP contribution in [-0.4, -0.2) is 40.4 Å². The lowest BCUT2D eigenvalue weighted by Crippen LogP contribution is -2.39. The first-order valence-electron chi connectivity index (χ1n) is 6.10. The fourth-order valence-corrected chi connectivity index (χ4v) is 3.20. The van der Waals surface area contributed by atoms with Gasteiger partial charge < -0.3 is 10.3 Å². The fraction of sp³-hybridized carbons (Fsp3) is 0.500. The van der Waals surface area contributed by atoms with Crippen molar-refractivity contribution < 1.29 is 4.79 Å². The van der Waals surface area contributed by atoms with E-state index in [0.29, 0.717) is 16.6 Å². The molecule has 7 heteroatoms. The Bertz CT molecular complexity index is 463. The molecule has 5 nitrogen and oxygen atoms in total. The number of pyridine rings is 1. The topological polar surface area (TPSA) is 71.2 Å². The summed E-state index contributed by atoms with van der Waals surface area (Å²) in [6.45, 7) is 1.59. The number of carbonyl (C=O) groups excluding carboxylic acids is 1. The third-order valence-electron chi connectivity index (χ3n) is 3.28. The van der Waals surface area contributed by atoms with Crippen LogP contribution in [0.1, 0.15) is 23.2 Å². The summed E-state index contributed by atoms with van der Waals surface area (Å²) in [7, 11) is 0. The summed E-state index contributed by atoms with van der Waals surface area (Å²) < 4.78 is 0.772. The molecule has 0 radical (unpaired) electrons. The zero-order valence-corrected chi connectivity index (χ0v) is 13.1. The number of halogens is 1. The van der Waals surface area contributed by atoms with Crippen LogP contribution in [0.15, 0.2) is 16.7 Å². The highest BCUT2D eigenvalue weighted by Gasteiger charge is 2.25. The number of amides is 1. The van der Waals surface area contributed by atoms with Crippen molar-refractivity contribution in [3.8, 4) is 0 Å². The molecule has 3 N–H and O–H groups in total. The summed E-state index contributed by atoms with van der Waals surface area (Å²) in [5.74, 6) is 5.81. The standard InChI is InChI=1S/C12H17BrN4OS/c1-19-9-2-4-17(5-3-9)12(18)10-6-8(13)7-15-11(10)16-14/h6-7,9H,2-5,14H2,1H3,(H,15,16). The van der Waals surface area contributed by atoms with Gasteiger partial charge in [0.05, 0.1) is 5.56 Å². The van der Waals surface area contributed by atoms with Gasteiger partial charge in [0.2, 0.25) is 0 Å². The van der Waals surface area contributed by atoms with Gasteiger partial charge in [0.1, 0.15) is 0 Å². The summed E-state index contributed by atoms with van der Waals surface area (Å²) in [6.07, 6.45) is 5.82. The summed E-state index contributed by atoms with van der Waals surface area (Å²) in [4.78, 5) is 18.5. The van der Waals surface area contributed by atoms with E-state index in [1.165, 1.54) is 0 Å². The van der Waals surface area contributed by atoms with E-state index >= 15 is 0 Å². The predicted octanol–water partition coefficient (Wildman–Crippen LogP) is 2.10. The van der Waals surface area contributed by atoms with Crippen LogP contribution in [0, 0.1) is 0 Å². The molecule has 1 aliphatic heterocycles. The van der Waals surface area contributed by atoms with Crippen LogP contribution in [0.2, 0.25) is 0 Å². The molecule has 0 unspecified atom stereocenters. The van der Waals surface area contributed by atoms with E-state index in [9.17, 15) is 4.79 Å². The second kappa shape index (κ2) is 6.58. The molecule has 0 spiro atoms. The number of hydrogen-bond acceptors (Lipinski definition) is 5. The number of aromatic nitrogens is 1. The first-order chi connectivity index (χ1) is 9.15. The molecule has 0 aliphatic carbocycles. The molecule has 2 rings (SSSR count). The van der Waals surface area contributed by atoms with E-state index in [2.05, 4.69) is 32.6 Å². The van der Waals surface area contributed by atoms with E-state index in [-0.39, 0.29) is 5.91 Å². The number of anilines is 1. The van der Waals surface area contributed by atoms with Gasteiger partial charge in [0.15, 0.2) is 5.82 Å². The molecule has 2 heterocycles. The maximum absolute atomic E-state index is 12.5. The highest BCUT2D eigenvalue weighted by molar-refractivity contribution is 9.10. The van der Waals surface area contributed by atoms with E-state index in [0.717, 1.165) is 30.4 Å². The Hall–Kier alpha value is -0.790. The number of hydrogen-bond donors (Lipinski definition) is 2. The van der Waals surface area contributed by atoms with Crippen LogP contribution < -0.4 is 11.3 Å². The van der Waals surface area contributed by atoms with E-state index < -0.39 is 0 Å². The lowest BCUT2D eigenvalue weighted by Gasteiger charge is -2.31. The normalized spacial score (nSPS) is 16.5. The van der Waals surface area contributed by atoms with Crippen molar-refractivity contribution >= 4 is 39.4 Å². The Morgan fingerprint density at radius 2 is 2.26 bits per heavy atom. The maximum Gasteiger partial charge on any atom is 0.257 e. The number of likely N-dealkylation sites (tertiary alicyclic amines) is 1. The second-order valence-electron chi connectivity index (χ2n) is 4.42. The smallest absolute Gasteiger partial charge is 0.257 e. The second-order valence-corrected chi connectivity index (χ2v) is 6.48. The summed E-state index contributed by atoms with van der Waals surface area (Å²) in [5, 5.41) is 0.664. The van der Waals surface area contributed by atoms with Gasteiger partial charge in [0, 0.05) is 29.0 Å². The van der Waals surface area contributed by atoms with Crippen LogP contribution in [0.3, 0.4) is 0 Å². The Balaban J connectivity index is 2.14. The zero-order valence-electron chi connectivity index (χ0n) is 10.7. The molecule has 1 saturated heterocycles. The lowest BCUT2D eigenvalue weighted by molar-refractivity contribution is 0.0728. The molecule has 0 bridgehead atoms. The van der Waals surface area contributed by atoms with Gasteiger partial charge in [-0.25, -0.2) is 10.8 Å². The average Bonchev–Trinajstić information content (AvgIpc) is 2.46. The summed E-state index contributed by atoms with van der Waals surface area (Å²) >= 11 is 5.21. The molecule has 1 aromatic heterocycles. The number of nitrogens with one attached hydrogen (secondary N) is 1. The Morgan fingerprint density at radius 1 is 1.58 bits per heavy atom. The van der Waals surface area contributed by atoms with Crippen molar-refractivity contribution in [3.05, 3.63) is 22.3 Å². The van der Waals surface area contributed by atoms with Crippen LogP contribution in [0.4, 0.5) is 5.82 Å². The minimum atomic E-state index is -0.0127. The molecule has 1 fully saturated rings. The van der Waals surface area contributed by atoms with Crippen LogP contribution in [-0.2, 0) is 0 Å². The van der Waals surface area contributed by atoms with Gasteiger partial charge in [-0.2, -0.15) is 11.8 Å². The van der Waals surface area contributed by atoms with Gasteiger partial charge in [-0.15, -0.1) is 0 Å². The number of carbonyl (C=O) groups is 1. The average molecular weight is 345 g/mol. The van der Waals surface area contributed by atoms with Gasteiger partial charge in [0.25, 0.3) is 5.91 Å². The fourth-order valence-electron chi connectivity index (χ4n) is 2.18. The van der Waals surface area contributed by atoms with Gasteiger partial charge >= 0.3 is 0 Å². The molecule has 1 aromatic rings. The third kappa shape index (κ3) is 3.40. The quantitative estimate of drug-likeness (QED) is 0.648. The largest absolute Gasteiger partial charge is 0.338 e. The van der Waals surface area contributed by atoms with Crippen LogP contribution in [0.5, 0.6) is 0 Å². The Morgan fingerprint density at radius 3 is 2.84 bits per heavy atom. The van der Waals surface area contributed by atoms with Crippen LogP contribution in [0.25, 0.3) is 0 Å². The van der Waals surface area contributed by atoms with Gasteiger partial charge in [-0.3, -0.25) is 4.79 Å². The van der Waals surface area contributed by atoms with Crippen LogP contribution >= 0.6 is 27.7 Å². The lowest BCUT2D eigenvalue weighted by atomic mass is 10.1. The Kier molecular flexibility index (Phi) is 5.06. The van der Waals surface area contributed by atoms with E-state index in [1.807, 2.05) is 16.7 Å². The number of nitrogens with two attached hydrogens (primary N) is 1. The molecule has 1 amide bonds. The molecule has 0 atom stereocenters. The number of thioether (sulfide) groups is 1. The number of hydrazine groups is 1. The van der Waals surface area contributed by atoms with Crippen molar-refractivity contribution in [3.63, 3.8) is 0 Å². The third-order valence-corrected chi connectivity index (χ3v) is 4.86. The molecule has 104 valence electrons. The monoisotopic (exact) mass is 344 g/mol. The first-order valence-corrected chi connectivity index (χ1v) is 8.18. The highest BCUT2D eigenvalue weighted by atomic mass is 79.9. The number of nitrogens with zero attached hydrogens (tertiary/aromatic N) is 2. The maximum atomic E-state index is 12.5. The molecule has 0 saturated carbocycles. The SMILES string of the molecule is CSC1CCN(C(=O)c2cc(Br)cnc2NN)CC1. The number of rotatable bonds is 3. The summed E-state index contributed by atoms with van der Waals surface area (Å²) in [6, 6.07) is 1.76. The first kappa shape index (κ1) is 14.6. The molecule has 1 aliphatic rings. The van der Waals surface area contributed by atoms with Crippen molar-refractivity contribution in [2.24, 2.45) is 5.84 Å². The highest BCUT2D eigenvalue weighted by Crippen LogP contribution is 2.24. The van der Waals surface area contributed by atoms with Crippen molar-refractivity contribution in [2.75, 3.05) is 24.8 Å². The minimum absolute atomic E-state index is 0.0127. The molecular formula is C12H17BrN4OS.